The Morgan fingerprint density at radius 1 is 1.27 bits per heavy atom. The molecule has 0 aliphatic heterocycles. The van der Waals surface area contributed by atoms with Gasteiger partial charge in [0.15, 0.2) is 0 Å². The van der Waals surface area contributed by atoms with E-state index in [1.165, 1.54) is 0 Å². The first-order valence-corrected chi connectivity index (χ1v) is 3.76. The van der Waals surface area contributed by atoms with Gasteiger partial charge in [-0.3, -0.25) is 0 Å². The molecule has 0 aromatic rings. The Balaban J connectivity index is 3.38. The third-order valence-corrected chi connectivity index (χ3v) is 1.07. The van der Waals surface area contributed by atoms with Crippen molar-refractivity contribution in [1.29, 1.82) is 0 Å². The molecule has 3 nitrogen and oxygen atoms in total. The van der Waals surface area contributed by atoms with Crippen LogP contribution in [0, 0.1) is 0 Å². The second-order valence-electron chi connectivity index (χ2n) is 3.53. The smallest absolute Gasteiger partial charge is 0.101 e. The molecule has 0 heterocycles. The van der Waals surface area contributed by atoms with Crippen molar-refractivity contribution in [2.75, 3.05) is 20.3 Å². The summed E-state index contributed by atoms with van der Waals surface area (Å²) in [7, 11) is 1.56. The van der Waals surface area contributed by atoms with Crippen LogP contribution in [0.3, 0.4) is 0 Å². The summed E-state index contributed by atoms with van der Waals surface area (Å²) in [6.07, 6.45) is -0.515. The van der Waals surface area contributed by atoms with Crippen molar-refractivity contribution in [3.63, 3.8) is 0 Å². The fraction of sp³-hybridized carbons (Fsp3) is 1.00. The zero-order valence-corrected chi connectivity index (χ0v) is 7.76. The summed E-state index contributed by atoms with van der Waals surface area (Å²) in [6.45, 7) is 6.51. The van der Waals surface area contributed by atoms with E-state index >= 15 is 0 Å². The number of rotatable bonds is 4. The minimum atomic E-state index is -0.515. The van der Waals surface area contributed by atoms with Crippen molar-refractivity contribution in [2.24, 2.45) is 0 Å². The van der Waals surface area contributed by atoms with E-state index in [9.17, 15) is 0 Å². The number of ether oxygens (including phenoxy) is 2. The lowest BCUT2D eigenvalue weighted by Crippen LogP contribution is -2.28. The lowest BCUT2D eigenvalue weighted by atomic mass is 10.2. The summed E-state index contributed by atoms with van der Waals surface area (Å²) >= 11 is 0. The van der Waals surface area contributed by atoms with Crippen molar-refractivity contribution >= 4 is 0 Å². The van der Waals surface area contributed by atoms with E-state index in [1.54, 1.807) is 7.11 Å². The average molecular weight is 162 g/mol. The molecule has 0 saturated heterocycles. The zero-order valence-electron chi connectivity index (χ0n) is 7.76. The van der Waals surface area contributed by atoms with E-state index in [2.05, 4.69) is 0 Å². The Labute approximate surface area is 68.3 Å². The van der Waals surface area contributed by atoms with Crippen LogP contribution in [0.1, 0.15) is 20.8 Å². The number of aliphatic hydroxyl groups excluding tert-OH is 1. The Hall–Kier alpha value is -0.120. The third kappa shape index (κ3) is 7.78. The zero-order chi connectivity index (χ0) is 8.91. The summed E-state index contributed by atoms with van der Waals surface area (Å²) in [5, 5.41) is 9.16. The number of hydrogen-bond acceptors (Lipinski definition) is 3. The molecule has 0 fully saturated rings. The van der Waals surface area contributed by atoms with Crippen molar-refractivity contribution in [3.8, 4) is 0 Å². The van der Waals surface area contributed by atoms with Crippen LogP contribution in [-0.4, -0.2) is 37.1 Å². The van der Waals surface area contributed by atoms with Crippen LogP contribution in [0.4, 0.5) is 0 Å². The van der Waals surface area contributed by atoms with Crippen molar-refractivity contribution in [3.05, 3.63) is 0 Å². The van der Waals surface area contributed by atoms with Crippen molar-refractivity contribution in [2.45, 2.75) is 32.5 Å². The summed E-state index contributed by atoms with van der Waals surface area (Å²) in [5.41, 5.74) is -0.186. The highest BCUT2D eigenvalue weighted by Gasteiger charge is 2.12. The molecular weight excluding hydrogens is 144 g/mol. The highest BCUT2D eigenvalue weighted by Crippen LogP contribution is 2.06. The maximum atomic E-state index is 9.16. The Bertz CT molecular complexity index is 96.0. The molecule has 1 atom stereocenters. The van der Waals surface area contributed by atoms with E-state index in [1.807, 2.05) is 20.8 Å². The Morgan fingerprint density at radius 2 is 1.82 bits per heavy atom. The van der Waals surface area contributed by atoms with Gasteiger partial charge in [-0.2, -0.15) is 0 Å². The molecule has 0 aliphatic rings. The maximum absolute atomic E-state index is 9.16. The quantitative estimate of drug-likeness (QED) is 0.664. The van der Waals surface area contributed by atoms with Crippen molar-refractivity contribution < 1.29 is 14.6 Å². The fourth-order valence-electron chi connectivity index (χ4n) is 0.587. The first kappa shape index (κ1) is 10.9. The molecule has 0 aromatic carbocycles. The lowest BCUT2D eigenvalue weighted by molar-refractivity contribution is -0.0661. The molecule has 0 amide bonds. The molecule has 0 bridgehead atoms. The number of hydrogen-bond donors (Lipinski definition) is 1. The van der Waals surface area contributed by atoms with E-state index in [4.69, 9.17) is 14.6 Å². The van der Waals surface area contributed by atoms with Gasteiger partial charge in [-0.15, -0.1) is 0 Å². The van der Waals surface area contributed by atoms with Gasteiger partial charge in [0.1, 0.15) is 6.10 Å². The van der Waals surface area contributed by atoms with Gasteiger partial charge in [0.25, 0.3) is 0 Å². The van der Waals surface area contributed by atoms with Gasteiger partial charge in [0, 0.05) is 7.11 Å². The van der Waals surface area contributed by atoms with E-state index in [0.717, 1.165) is 0 Å². The first-order chi connectivity index (χ1) is 4.95. The van der Waals surface area contributed by atoms with E-state index in [-0.39, 0.29) is 5.60 Å². The van der Waals surface area contributed by atoms with E-state index < -0.39 is 6.10 Å². The molecule has 3 heteroatoms. The predicted molar refractivity (Wildman–Crippen MR) is 43.6 cm³/mol. The molecule has 0 rings (SSSR count). The maximum Gasteiger partial charge on any atom is 0.101 e. The first-order valence-electron chi connectivity index (χ1n) is 3.76. The van der Waals surface area contributed by atoms with Crippen LogP contribution >= 0.6 is 0 Å². The van der Waals surface area contributed by atoms with Crippen LogP contribution < -0.4 is 0 Å². The standard InChI is InChI=1S/C8H18O3/c1-8(2,3)11-6-7(9)5-10-4/h7,9H,5-6H2,1-4H3/t7-/m0/s1. The van der Waals surface area contributed by atoms with Crippen molar-refractivity contribution in [1.82, 2.24) is 0 Å². The van der Waals surface area contributed by atoms with Crippen LogP contribution in [-0.2, 0) is 9.47 Å². The molecule has 0 aliphatic carbocycles. The van der Waals surface area contributed by atoms with Crippen LogP contribution in [0.2, 0.25) is 0 Å². The lowest BCUT2D eigenvalue weighted by Gasteiger charge is -2.21. The summed E-state index contributed by atoms with van der Waals surface area (Å²) in [5.74, 6) is 0. The molecule has 0 aromatic heterocycles. The normalized spacial score (nSPS) is 15.0. The van der Waals surface area contributed by atoms with Gasteiger partial charge in [-0.05, 0) is 20.8 Å². The molecular formula is C8H18O3. The highest BCUT2D eigenvalue weighted by atomic mass is 16.5. The van der Waals surface area contributed by atoms with Crippen LogP contribution in [0.5, 0.6) is 0 Å². The van der Waals surface area contributed by atoms with Gasteiger partial charge >= 0.3 is 0 Å². The monoisotopic (exact) mass is 162 g/mol. The highest BCUT2D eigenvalue weighted by molar-refractivity contribution is 4.61. The van der Waals surface area contributed by atoms with Crippen LogP contribution in [0.25, 0.3) is 0 Å². The van der Waals surface area contributed by atoms with Gasteiger partial charge in [-0.1, -0.05) is 0 Å². The van der Waals surface area contributed by atoms with Crippen LogP contribution in [0.15, 0.2) is 0 Å². The summed E-state index contributed by atoms with van der Waals surface area (Å²) in [6, 6.07) is 0. The molecule has 0 spiro atoms. The topological polar surface area (TPSA) is 38.7 Å². The number of aliphatic hydroxyl groups is 1. The number of methoxy groups -OCH3 is 1. The SMILES string of the molecule is COC[C@H](O)COC(C)(C)C. The second-order valence-corrected chi connectivity index (χ2v) is 3.53. The molecule has 0 radical (unpaired) electrons. The molecule has 0 unspecified atom stereocenters. The third-order valence-electron chi connectivity index (χ3n) is 1.07. The van der Waals surface area contributed by atoms with E-state index in [0.29, 0.717) is 13.2 Å². The Morgan fingerprint density at radius 3 is 2.18 bits per heavy atom. The Kier molecular flexibility index (Phi) is 4.65. The van der Waals surface area contributed by atoms with Gasteiger partial charge in [0.2, 0.25) is 0 Å². The predicted octanol–water partition coefficient (Wildman–Crippen LogP) is 0.809. The summed E-state index contributed by atoms with van der Waals surface area (Å²) in [4.78, 5) is 0. The van der Waals surface area contributed by atoms with Gasteiger partial charge < -0.3 is 14.6 Å². The second kappa shape index (κ2) is 4.70. The molecule has 68 valence electrons. The minimum absolute atomic E-state index is 0.186. The largest absolute Gasteiger partial charge is 0.388 e. The van der Waals surface area contributed by atoms with Gasteiger partial charge in [0.05, 0.1) is 18.8 Å². The average Bonchev–Trinajstić information content (AvgIpc) is 1.83. The van der Waals surface area contributed by atoms with Gasteiger partial charge in [-0.25, -0.2) is 0 Å². The fourth-order valence-corrected chi connectivity index (χ4v) is 0.587. The minimum Gasteiger partial charge on any atom is -0.388 e. The molecule has 1 N–H and O–H groups in total. The summed E-state index contributed by atoms with van der Waals surface area (Å²) < 4.78 is 10.1. The molecule has 11 heavy (non-hydrogen) atoms. The molecule has 0 saturated carbocycles.